The Hall–Kier alpha value is -2.83. The highest BCUT2D eigenvalue weighted by atomic mass is 35.5. The molecule has 1 heterocycles. The topological polar surface area (TPSA) is 57.7 Å². The van der Waals surface area contributed by atoms with Crippen molar-refractivity contribution in [2.45, 2.75) is 24.8 Å². The van der Waals surface area contributed by atoms with Gasteiger partial charge in [0.15, 0.2) is 0 Å². The van der Waals surface area contributed by atoms with E-state index in [0.717, 1.165) is 21.9 Å². The minimum atomic E-state index is -4.03. The summed E-state index contributed by atoms with van der Waals surface area (Å²) >= 11 is 6.29. The molecule has 0 N–H and O–H groups in total. The molecule has 0 spiro atoms. The third-order valence-electron chi connectivity index (χ3n) is 4.94. The zero-order valence-corrected chi connectivity index (χ0v) is 17.3. The van der Waals surface area contributed by atoms with E-state index >= 15 is 0 Å². The summed E-state index contributed by atoms with van der Waals surface area (Å²) in [5.41, 5.74) is 2.45. The Morgan fingerprint density at radius 2 is 1.55 bits per heavy atom. The van der Waals surface area contributed by atoms with Crippen LogP contribution in [0.3, 0.4) is 0 Å². The van der Waals surface area contributed by atoms with E-state index in [4.69, 9.17) is 11.6 Å². The van der Waals surface area contributed by atoms with Crippen LogP contribution in [0.5, 0.6) is 0 Å². The summed E-state index contributed by atoms with van der Waals surface area (Å²) in [5.74, 6) is 0. The van der Waals surface area contributed by atoms with Gasteiger partial charge in [0, 0.05) is 5.02 Å². The van der Waals surface area contributed by atoms with Gasteiger partial charge in [-0.05, 0) is 47.9 Å². The average molecular weight is 427 g/mol. The molecule has 148 valence electrons. The number of fused-ring (bicyclic) bond motifs is 1. The Morgan fingerprint density at radius 3 is 2.24 bits per heavy atom. The summed E-state index contributed by atoms with van der Waals surface area (Å²) < 4.78 is 27.4. The van der Waals surface area contributed by atoms with Crippen LogP contribution in [0, 0.1) is 0 Å². The number of hydrogen-bond acceptors (Lipinski definition) is 3. The van der Waals surface area contributed by atoms with Crippen molar-refractivity contribution in [2.24, 2.45) is 0 Å². The van der Waals surface area contributed by atoms with E-state index in [9.17, 15) is 13.2 Å². The number of rotatable bonds is 4. The number of benzene rings is 3. The van der Waals surface area contributed by atoms with E-state index in [2.05, 4.69) is 0 Å². The summed E-state index contributed by atoms with van der Waals surface area (Å²) in [6.45, 7) is 2.17. The molecular weight excluding hydrogens is 408 g/mol. The minimum Gasteiger partial charge on any atom is -0.287 e. The van der Waals surface area contributed by atoms with E-state index in [-0.39, 0.29) is 11.4 Å². The van der Waals surface area contributed by atoms with Crippen molar-refractivity contribution in [3.63, 3.8) is 0 Å². The van der Waals surface area contributed by atoms with Crippen LogP contribution in [0.15, 0.2) is 77.7 Å². The molecule has 0 saturated heterocycles. The van der Waals surface area contributed by atoms with Crippen molar-refractivity contribution >= 4 is 39.0 Å². The second-order valence-corrected chi connectivity index (χ2v) is 8.88. The molecular formula is C22H19ClN2O3S. The lowest BCUT2D eigenvalue weighted by Gasteiger charge is -2.36. The summed E-state index contributed by atoms with van der Waals surface area (Å²) in [6.07, 6.45) is 0.822. The fraction of sp³-hybridized carbons (Fsp3) is 0.136. The van der Waals surface area contributed by atoms with Gasteiger partial charge in [0.25, 0.3) is 10.0 Å². The molecule has 0 atom stereocenters. The number of carbonyl (C=O) groups is 1. The summed E-state index contributed by atoms with van der Waals surface area (Å²) in [7, 11) is -4.03. The van der Waals surface area contributed by atoms with Crippen molar-refractivity contribution in [3.05, 3.63) is 88.9 Å². The van der Waals surface area contributed by atoms with Crippen molar-refractivity contribution in [1.82, 2.24) is 0 Å². The van der Waals surface area contributed by atoms with Gasteiger partial charge in [-0.25, -0.2) is 13.2 Å². The fourth-order valence-corrected chi connectivity index (χ4v) is 5.17. The molecule has 3 aromatic carbocycles. The smallest absolute Gasteiger partial charge is 0.287 e. The van der Waals surface area contributed by atoms with Gasteiger partial charge in [-0.3, -0.25) is 4.90 Å². The number of aryl methyl sites for hydroxylation is 1. The third kappa shape index (κ3) is 3.39. The Bertz CT molecular complexity index is 1180. The normalized spacial score (nSPS) is 15.3. The first-order valence-electron chi connectivity index (χ1n) is 9.21. The SMILES string of the molecule is CCc1ccc(N2C(=O)N(Cc3ccccc3Cl)c3ccccc3S2(=O)=O)cc1. The molecule has 29 heavy (non-hydrogen) atoms. The molecule has 0 fully saturated rings. The maximum Gasteiger partial charge on any atom is 0.343 e. The molecule has 0 aliphatic carbocycles. The van der Waals surface area contributed by atoms with Gasteiger partial charge in [-0.1, -0.05) is 61.0 Å². The number of nitrogens with zero attached hydrogens (tertiary/aromatic N) is 2. The number of anilines is 2. The van der Waals surface area contributed by atoms with Gasteiger partial charge >= 0.3 is 6.03 Å². The van der Waals surface area contributed by atoms with Gasteiger partial charge in [-0.2, -0.15) is 4.31 Å². The Labute approximate surface area is 175 Å². The molecule has 1 aliphatic rings. The zero-order chi connectivity index (χ0) is 20.6. The van der Waals surface area contributed by atoms with Gasteiger partial charge in [0.2, 0.25) is 0 Å². The first-order chi connectivity index (χ1) is 13.9. The summed E-state index contributed by atoms with van der Waals surface area (Å²) in [6, 6.07) is 20.1. The predicted molar refractivity (Wildman–Crippen MR) is 115 cm³/mol. The van der Waals surface area contributed by atoms with E-state index in [1.165, 1.54) is 11.0 Å². The number of urea groups is 1. The molecule has 2 amide bonds. The highest BCUT2D eigenvalue weighted by molar-refractivity contribution is 7.94. The number of hydrogen-bond donors (Lipinski definition) is 0. The molecule has 0 radical (unpaired) electrons. The van der Waals surface area contributed by atoms with Crippen LogP contribution in [0.2, 0.25) is 5.02 Å². The van der Waals surface area contributed by atoms with E-state index in [1.807, 2.05) is 37.3 Å². The number of carbonyl (C=O) groups excluding carboxylic acids is 1. The molecule has 4 rings (SSSR count). The molecule has 0 saturated carbocycles. The van der Waals surface area contributed by atoms with Gasteiger partial charge < -0.3 is 0 Å². The van der Waals surface area contributed by atoms with Crippen LogP contribution >= 0.6 is 11.6 Å². The zero-order valence-electron chi connectivity index (χ0n) is 15.7. The number of amides is 2. The van der Waals surface area contributed by atoms with Gasteiger partial charge in [0.1, 0.15) is 4.90 Å². The summed E-state index contributed by atoms with van der Waals surface area (Å²) in [5, 5.41) is 0.519. The second kappa shape index (κ2) is 7.54. The van der Waals surface area contributed by atoms with Crippen molar-refractivity contribution in [1.29, 1.82) is 0 Å². The quantitative estimate of drug-likeness (QED) is 0.573. The molecule has 5 nitrogen and oxygen atoms in total. The van der Waals surface area contributed by atoms with E-state index < -0.39 is 16.1 Å². The lowest BCUT2D eigenvalue weighted by atomic mass is 10.1. The number of halogens is 1. The second-order valence-electron chi connectivity index (χ2n) is 6.72. The monoisotopic (exact) mass is 426 g/mol. The molecule has 1 aliphatic heterocycles. The number of sulfonamides is 1. The molecule has 0 unspecified atom stereocenters. The van der Waals surface area contributed by atoms with Crippen molar-refractivity contribution in [3.8, 4) is 0 Å². The third-order valence-corrected chi connectivity index (χ3v) is 7.06. The van der Waals surface area contributed by atoms with Gasteiger partial charge in [0.05, 0.1) is 17.9 Å². The largest absolute Gasteiger partial charge is 0.343 e. The standard InChI is InChI=1S/C22H19ClN2O3S/c1-2-16-11-13-18(14-12-16)25-22(26)24(15-17-7-3-4-8-19(17)23)20-9-5-6-10-21(20)29(25,27)28/h3-14H,2,15H2,1H3. The molecule has 7 heteroatoms. The summed E-state index contributed by atoms with van der Waals surface area (Å²) in [4.78, 5) is 14.9. The lowest BCUT2D eigenvalue weighted by Crippen LogP contribution is -2.50. The fourth-order valence-electron chi connectivity index (χ4n) is 3.38. The Morgan fingerprint density at radius 1 is 0.897 bits per heavy atom. The first-order valence-corrected chi connectivity index (χ1v) is 11.0. The van der Waals surface area contributed by atoms with Crippen LogP contribution in [0.4, 0.5) is 16.2 Å². The maximum absolute atomic E-state index is 13.4. The van der Waals surface area contributed by atoms with Crippen LogP contribution in [0.25, 0.3) is 0 Å². The first kappa shape index (κ1) is 19.5. The maximum atomic E-state index is 13.4. The highest BCUT2D eigenvalue weighted by Gasteiger charge is 2.42. The van der Waals surface area contributed by atoms with E-state index in [1.54, 1.807) is 36.4 Å². The predicted octanol–water partition coefficient (Wildman–Crippen LogP) is 5.24. The van der Waals surface area contributed by atoms with Crippen molar-refractivity contribution in [2.75, 3.05) is 9.21 Å². The lowest BCUT2D eigenvalue weighted by molar-refractivity contribution is 0.253. The minimum absolute atomic E-state index is 0.0891. The highest BCUT2D eigenvalue weighted by Crippen LogP contribution is 2.38. The van der Waals surface area contributed by atoms with Gasteiger partial charge in [-0.15, -0.1) is 0 Å². The molecule has 0 bridgehead atoms. The van der Waals surface area contributed by atoms with Crippen molar-refractivity contribution < 1.29 is 13.2 Å². The van der Waals surface area contributed by atoms with E-state index in [0.29, 0.717) is 16.4 Å². The van der Waals surface area contributed by atoms with Crippen LogP contribution in [-0.2, 0) is 23.0 Å². The van der Waals surface area contributed by atoms with Crippen LogP contribution in [0.1, 0.15) is 18.1 Å². The Balaban J connectivity index is 1.85. The molecule has 0 aromatic heterocycles. The Kier molecular flexibility index (Phi) is 5.06. The molecule has 3 aromatic rings. The van der Waals surface area contributed by atoms with Crippen LogP contribution in [-0.4, -0.2) is 14.4 Å². The number of para-hydroxylation sites is 1. The average Bonchev–Trinajstić information content (AvgIpc) is 2.73. The van der Waals surface area contributed by atoms with Crippen LogP contribution < -0.4 is 9.21 Å².